The number of ether oxygens (including phenoxy) is 1. The molecule has 3 aromatic rings. The number of nitrogens with zero attached hydrogens (tertiary/aromatic N) is 4. The number of benzene rings is 1. The molecule has 0 saturated carbocycles. The zero-order chi connectivity index (χ0) is 25.2. The Kier molecular flexibility index (Phi) is 6.95. The predicted octanol–water partition coefficient (Wildman–Crippen LogP) is 1.16. The highest BCUT2D eigenvalue weighted by molar-refractivity contribution is 6.06. The molecule has 0 radical (unpaired) electrons. The van der Waals surface area contributed by atoms with Gasteiger partial charge in [-0.2, -0.15) is 13.2 Å². The maximum absolute atomic E-state index is 12.5. The van der Waals surface area contributed by atoms with Gasteiger partial charge in [0.05, 0.1) is 12.4 Å². The summed E-state index contributed by atoms with van der Waals surface area (Å²) < 4.78 is 43.7. The number of anilines is 1. The summed E-state index contributed by atoms with van der Waals surface area (Å²) in [4.78, 5) is 36.5. The largest absolute Gasteiger partial charge is 0.405 e. The number of aromatic nitrogens is 4. The molecule has 14 heteroatoms. The Balaban J connectivity index is 1.46. The first-order chi connectivity index (χ1) is 16.6. The van der Waals surface area contributed by atoms with E-state index in [1.165, 1.54) is 17.2 Å². The summed E-state index contributed by atoms with van der Waals surface area (Å²) in [6.45, 7) is -1.46. The fourth-order valence-corrected chi connectivity index (χ4v) is 3.66. The highest BCUT2D eigenvalue weighted by Crippen LogP contribution is 2.34. The molecule has 1 fully saturated rings. The van der Waals surface area contributed by atoms with Crippen LogP contribution in [0.15, 0.2) is 43.0 Å². The number of fused-ring (bicyclic) bond motifs is 1. The predicted molar refractivity (Wildman–Crippen MR) is 114 cm³/mol. The Hall–Kier alpha value is -3.62. The van der Waals surface area contributed by atoms with Crippen molar-refractivity contribution in [2.75, 3.05) is 11.9 Å². The van der Waals surface area contributed by atoms with Crippen LogP contribution >= 0.6 is 0 Å². The number of hydrogen-bond acceptors (Lipinski definition) is 8. The molecule has 4 rings (SSSR count). The number of amides is 2. The van der Waals surface area contributed by atoms with Gasteiger partial charge >= 0.3 is 6.18 Å². The van der Waals surface area contributed by atoms with Crippen molar-refractivity contribution in [2.24, 2.45) is 0 Å². The van der Waals surface area contributed by atoms with E-state index >= 15 is 0 Å². The average molecular weight is 494 g/mol. The van der Waals surface area contributed by atoms with E-state index in [0.29, 0.717) is 5.56 Å². The fraction of sp³-hybridized carbons (Fsp3) is 0.381. The van der Waals surface area contributed by atoms with Gasteiger partial charge in [0.1, 0.15) is 25.1 Å². The van der Waals surface area contributed by atoms with Crippen molar-refractivity contribution in [1.82, 2.24) is 24.8 Å². The summed E-state index contributed by atoms with van der Waals surface area (Å²) in [5, 5.41) is 25.3. The van der Waals surface area contributed by atoms with Crippen molar-refractivity contribution in [3.8, 4) is 0 Å². The lowest BCUT2D eigenvalue weighted by Crippen LogP contribution is -2.35. The van der Waals surface area contributed by atoms with E-state index in [2.05, 4.69) is 20.3 Å². The van der Waals surface area contributed by atoms with Crippen LogP contribution in [0.4, 0.5) is 19.0 Å². The van der Waals surface area contributed by atoms with Crippen LogP contribution in [0.1, 0.15) is 29.4 Å². The van der Waals surface area contributed by atoms with Crippen molar-refractivity contribution >= 4 is 28.8 Å². The normalized spacial score (nSPS) is 22.3. The average Bonchev–Trinajstić information content (AvgIpc) is 3.38. The molecule has 35 heavy (non-hydrogen) atoms. The lowest BCUT2D eigenvalue weighted by molar-refractivity contribution is -0.139. The third-order valence-corrected chi connectivity index (χ3v) is 5.38. The Morgan fingerprint density at radius 1 is 1.09 bits per heavy atom. The molecule has 11 nitrogen and oxygen atoms in total. The Morgan fingerprint density at radius 2 is 1.83 bits per heavy atom. The Morgan fingerprint density at radius 3 is 2.54 bits per heavy atom. The summed E-state index contributed by atoms with van der Waals surface area (Å²) in [6.07, 6.45) is -7.56. The van der Waals surface area contributed by atoms with Crippen molar-refractivity contribution < 1.29 is 37.7 Å². The third-order valence-electron chi connectivity index (χ3n) is 5.38. The number of rotatable bonds is 7. The molecule has 1 aliphatic rings. The topological polar surface area (TPSA) is 151 Å². The maximum atomic E-state index is 12.5. The smallest absolute Gasteiger partial charge is 0.388 e. The van der Waals surface area contributed by atoms with Gasteiger partial charge in [-0.05, 0) is 18.6 Å². The van der Waals surface area contributed by atoms with E-state index in [9.17, 15) is 33.0 Å². The van der Waals surface area contributed by atoms with Crippen LogP contribution in [0.3, 0.4) is 0 Å². The molecule has 2 aromatic heterocycles. The number of imidazole rings is 1. The number of hydrogen-bond donors (Lipinski definition) is 4. The molecule has 0 unspecified atom stereocenters. The molecule has 3 heterocycles. The van der Waals surface area contributed by atoms with Gasteiger partial charge in [-0.25, -0.2) is 15.0 Å². The first kappa shape index (κ1) is 24.5. The SMILES string of the molecule is O=C(CC[C@H]1O[C@@H](n2cnc3c(NC(=O)c4ccccc4)ncnc32)[C@H](O)[C@@H]1O)NCC(F)(F)F. The molecule has 4 N–H and O–H groups in total. The first-order valence-electron chi connectivity index (χ1n) is 10.5. The molecular formula is C21H21F3N6O5. The number of nitrogens with one attached hydrogen (secondary N) is 2. The van der Waals surface area contributed by atoms with Crippen LogP contribution in [0, 0.1) is 0 Å². The summed E-state index contributed by atoms with van der Waals surface area (Å²) in [6, 6.07) is 8.43. The number of halogens is 3. The number of aliphatic hydroxyl groups is 2. The summed E-state index contributed by atoms with van der Waals surface area (Å²) >= 11 is 0. The van der Waals surface area contributed by atoms with Crippen molar-refractivity contribution in [1.29, 1.82) is 0 Å². The molecule has 1 aromatic carbocycles. The second kappa shape index (κ2) is 9.93. The summed E-state index contributed by atoms with van der Waals surface area (Å²) in [7, 11) is 0. The molecule has 1 aliphatic heterocycles. The molecule has 186 valence electrons. The van der Waals surface area contributed by atoms with Gasteiger partial charge in [-0.1, -0.05) is 18.2 Å². The standard InChI is InChI=1S/C21H21F3N6O5/c22-21(23,24)8-25-13(31)7-6-12-15(32)16(33)20(35-12)30-10-28-14-17(26-9-27-18(14)30)29-19(34)11-4-2-1-3-5-11/h1-5,9-10,12,15-16,20,32-33H,6-8H2,(H,25,31)(H,26,27,29,34)/t12-,15-,16-,20-/m1/s1. The van der Waals surface area contributed by atoms with Gasteiger partial charge < -0.3 is 25.6 Å². The van der Waals surface area contributed by atoms with Crippen LogP contribution in [0.25, 0.3) is 11.2 Å². The van der Waals surface area contributed by atoms with Crippen LogP contribution in [0.5, 0.6) is 0 Å². The van der Waals surface area contributed by atoms with Gasteiger partial charge in [0.25, 0.3) is 5.91 Å². The minimum absolute atomic E-state index is 0.119. The van der Waals surface area contributed by atoms with Crippen molar-refractivity contribution in [2.45, 2.75) is 43.6 Å². The van der Waals surface area contributed by atoms with Crippen molar-refractivity contribution in [3.63, 3.8) is 0 Å². The van der Waals surface area contributed by atoms with Crippen LogP contribution in [-0.2, 0) is 9.53 Å². The zero-order valence-electron chi connectivity index (χ0n) is 18.0. The van der Waals surface area contributed by atoms with Gasteiger partial charge in [0, 0.05) is 12.0 Å². The number of carbonyl (C=O) groups excluding carboxylic acids is 2. The van der Waals surface area contributed by atoms with E-state index < -0.39 is 49.1 Å². The maximum Gasteiger partial charge on any atom is 0.405 e. The minimum atomic E-state index is -4.54. The molecule has 0 aliphatic carbocycles. The molecule has 1 saturated heterocycles. The lowest BCUT2D eigenvalue weighted by Gasteiger charge is -2.16. The minimum Gasteiger partial charge on any atom is -0.388 e. The van der Waals surface area contributed by atoms with Gasteiger partial charge in [-0.3, -0.25) is 14.2 Å². The molecule has 4 atom stereocenters. The highest BCUT2D eigenvalue weighted by atomic mass is 19.4. The second-order valence-corrected chi connectivity index (χ2v) is 7.84. The summed E-state index contributed by atoms with van der Waals surface area (Å²) in [5.74, 6) is -1.17. The van der Waals surface area contributed by atoms with Gasteiger partial charge in [-0.15, -0.1) is 0 Å². The molecule has 2 amide bonds. The van der Waals surface area contributed by atoms with Crippen LogP contribution < -0.4 is 10.6 Å². The van der Waals surface area contributed by atoms with E-state index in [4.69, 9.17) is 4.74 Å². The van der Waals surface area contributed by atoms with E-state index in [1.54, 1.807) is 35.6 Å². The van der Waals surface area contributed by atoms with Gasteiger partial charge in [0.2, 0.25) is 5.91 Å². The first-order valence-corrected chi connectivity index (χ1v) is 10.5. The van der Waals surface area contributed by atoms with Crippen molar-refractivity contribution in [3.05, 3.63) is 48.5 Å². The van der Waals surface area contributed by atoms with Gasteiger partial charge in [0.15, 0.2) is 23.2 Å². The quantitative estimate of drug-likeness (QED) is 0.382. The van der Waals surface area contributed by atoms with Crippen LogP contribution in [-0.4, -0.2) is 72.6 Å². The van der Waals surface area contributed by atoms with Crippen LogP contribution in [0.2, 0.25) is 0 Å². The number of carbonyl (C=O) groups is 2. The Bertz CT molecular complexity index is 1210. The van der Waals surface area contributed by atoms with E-state index in [-0.39, 0.29) is 29.8 Å². The Labute approximate surface area is 196 Å². The zero-order valence-corrected chi connectivity index (χ0v) is 18.0. The number of alkyl halides is 3. The second-order valence-electron chi connectivity index (χ2n) is 7.84. The van der Waals surface area contributed by atoms with E-state index in [1.807, 2.05) is 0 Å². The molecular weight excluding hydrogens is 473 g/mol. The third kappa shape index (κ3) is 5.55. The molecule has 0 spiro atoms. The monoisotopic (exact) mass is 494 g/mol. The lowest BCUT2D eigenvalue weighted by atomic mass is 10.1. The van der Waals surface area contributed by atoms with E-state index in [0.717, 1.165) is 0 Å². The summed E-state index contributed by atoms with van der Waals surface area (Å²) in [5.41, 5.74) is 0.804. The number of aliphatic hydroxyl groups excluding tert-OH is 2. The fourth-order valence-electron chi connectivity index (χ4n) is 3.66. The highest BCUT2D eigenvalue weighted by Gasteiger charge is 2.44. The molecule has 0 bridgehead atoms.